The maximum Gasteiger partial charge on any atom is 0.0233 e. The molecule has 1 fully saturated rings. The number of likely N-dealkylation sites (tertiary alicyclic amines) is 1. The number of benzene rings is 2. The van der Waals surface area contributed by atoms with Gasteiger partial charge in [0.25, 0.3) is 0 Å². The third-order valence-electron chi connectivity index (χ3n) is 4.84. The van der Waals surface area contributed by atoms with Crippen molar-refractivity contribution in [1.29, 1.82) is 0 Å². The predicted molar refractivity (Wildman–Crippen MR) is 103 cm³/mol. The molecule has 1 aliphatic rings. The van der Waals surface area contributed by atoms with Crippen molar-refractivity contribution in [2.75, 3.05) is 19.6 Å². The van der Waals surface area contributed by atoms with E-state index in [1.54, 1.807) is 0 Å². The highest BCUT2D eigenvalue weighted by Crippen LogP contribution is 2.34. The molecule has 1 aliphatic heterocycles. The lowest BCUT2D eigenvalue weighted by Gasteiger charge is -2.41. The normalized spacial score (nSPS) is 16.9. The summed E-state index contributed by atoms with van der Waals surface area (Å²) in [6.07, 6.45) is 2.31. The molecule has 2 N–H and O–H groups in total. The lowest BCUT2D eigenvalue weighted by molar-refractivity contribution is 0.156. The van der Waals surface area contributed by atoms with Crippen molar-refractivity contribution in [1.82, 2.24) is 4.90 Å². The first-order valence-corrected chi connectivity index (χ1v) is 7.84. The van der Waals surface area contributed by atoms with Gasteiger partial charge >= 0.3 is 0 Å². The van der Waals surface area contributed by atoms with Crippen molar-refractivity contribution >= 4 is 24.8 Å². The fourth-order valence-corrected chi connectivity index (χ4v) is 3.38. The fourth-order valence-electron chi connectivity index (χ4n) is 3.38. The number of halogens is 2. The number of piperidine rings is 1. The van der Waals surface area contributed by atoms with Crippen molar-refractivity contribution < 1.29 is 0 Å². The molecule has 2 aromatic carbocycles. The van der Waals surface area contributed by atoms with E-state index in [4.69, 9.17) is 5.73 Å². The summed E-state index contributed by atoms with van der Waals surface area (Å²) in [7, 11) is 0. The lowest BCUT2D eigenvalue weighted by Crippen LogP contribution is -2.46. The second-order valence-electron chi connectivity index (χ2n) is 6.11. The minimum Gasteiger partial charge on any atom is -0.330 e. The number of nitrogens with zero attached hydrogens (tertiary/aromatic N) is 1. The van der Waals surface area contributed by atoms with Crippen molar-refractivity contribution in [2.45, 2.75) is 24.8 Å². The van der Waals surface area contributed by atoms with Gasteiger partial charge in [-0.05, 0) is 37.1 Å². The van der Waals surface area contributed by atoms with Gasteiger partial charge in [0.1, 0.15) is 0 Å². The summed E-state index contributed by atoms with van der Waals surface area (Å²) >= 11 is 0. The minimum atomic E-state index is 0. The Balaban J connectivity index is 0.00000132. The maximum absolute atomic E-state index is 6.15. The second kappa shape index (κ2) is 9.29. The van der Waals surface area contributed by atoms with Crippen LogP contribution in [0.15, 0.2) is 60.7 Å². The van der Waals surface area contributed by atoms with Crippen LogP contribution in [0.2, 0.25) is 0 Å². The standard InChI is InChI=1S/C19H24N2.2ClH/c20-16-19(18-9-5-2-6-10-18)11-13-21(14-12-19)15-17-7-3-1-4-8-17;;/h1-10H,11-16,20H2;2*1H. The number of rotatable bonds is 4. The summed E-state index contributed by atoms with van der Waals surface area (Å²) in [6.45, 7) is 4.05. The van der Waals surface area contributed by atoms with Gasteiger partial charge < -0.3 is 5.73 Å². The topological polar surface area (TPSA) is 29.3 Å². The van der Waals surface area contributed by atoms with Crippen LogP contribution in [-0.2, 0) is 12.0 Å². The molecule has 126 valence electrons. The summed E-state index contributed by atoms with van der Waals surface area (Å²) < 4.78 is 0. The molecular weight excluding hydrogens is 327 g/mol. The molecule has 1 saturated heterocycles. The monoisotopic (exact) mass is 352 g/mol. The fraction of sp³-hybridized carbons (Fsp3) is 0.368. The van der Waals surface area contributed by atoms with Crippen molar-refractivity contribution in [2.24, 2.45) is 5.73 Å². The van der Waals surface area contributed by atoms with E-state index in [1.165, 1.54) is 11.1 Å². The van der Waals surface area contributed by atoms with Crippen LogP contribution < -0.4 is 5.73 Å². The summed E-state index contributed by atoms with van der Waals surface area (Å²) in [6, 6.07) is 21.5. The molecule has 0 saturated carbocycles. The Bertz CT molecular complexity index is 552. The van der Waals surface area contributed by atoms with E-state index in [0.717, 1.165) is 39.0 Å². The Morgan fingerprint density at radius 2 is 1.35 bits per heavy atom. The molecule has 0 aliphatic carbocycles. The Morgan fingerprint density at radius 3 is 1.87 bits per heavy atom. The molecule has 1 heterocycles. The van der Waals surface area contributed by atoms with Gasteiger partial charge in [-0.25, -0.2) is 0 Å². The molecule has 0 atom stereocenters. The third kappa shape index (κ3) is 4.71. The highest BCUT2D eigenvalue weighted by atomic mass is 35.5. The van der Waals surface area contributed by atoms with E-state index in [1.807, 2.05) is 0 Å². The van der Waals surface area contributed by atoms with Gasteiger partial charge in [0, 0.05) is 18.5 Å². The zero-order chi connectivity index (χ0) is 14.5. The van der Waals surface area contributed by atoms with Crippen LogP contribution in [0.1, 0.15) is 24.0 Å². The molecule has 0 unspecified atom stereocenters. The second-order valence-corrected chi connectivity index (χ2v) is 6.11. The van der Waals surface area contributed by atoms with Gasteiger partial charge in [-0.1, -0.05) is 60.7 Å². The Morgan fingerprint density at radius 1 is 0.826 bits per heavy atom. The van der Waals surface area contributed by atoms with Gasteiger partial charge in [0.05, 0.1) is 0 Å². The highest BCUT2D eigenvalue weighted by Gasteiger charge is 2.34. The van der Waals surface area contributed by atoms with Crippen LogP contribution in [0.3, 0.4) is 0 Å². The van der Waals surface area contributed by atoms with Crippen LogP contribution in [0.25, 0.3) is 0 Å². The van der Waals surface area contributed by atoms with E-state index in [-0.39, 0.29) is 30.2 Å². The molecule has 0 amide bonds. The summed E-state index contributed by atoms with van der Waals surface area (Å²) in [5.74, 6) is 0. The van der Waals surface area contributed by atoms with Crippen molar-refractivity contribution in [3.63, 3.8) is 0 Å². The van der Waals surface area contributed by atoms with Crippen LogP contribution in [0.5, 0.6) is 0 Å². The largest absolute Gasteiger partial charge is 0.330 e. The van der Waals surface area contributed by atoms with Crippen LogP contribution in [0.4, 0.5) is 0 Å². The average Bonchev–Trinajstić information content (AvgIpc) is 2.58. The first kappa shape index (κ1) is 20.0. The van der Waals surface area contributed by atoms with E-state index in [0.29, 0.717) is 0 Å². The SMILES string of the molecule is Cl.Cl.NCC1(c2ccccc2)CCN(Cc2ccccc2)CC1. The molecule has 0 radical (unpaired) electrons. The summed E-state index contributed by atoms with van der Waals surface area (Å²) in [5.41, 5.74) is 9.13. The Kier molecular flexibility index (Phi) is 8.07. The zero-order valence-corrected chi connectivity index (χ0v) is 15.0. The number of hydrogen-bond donors (Lipinski definition) is 1. The molecule has 3 rings (SSSR count). The third-order valence-corrected chi connectivity index (χ3v) is 4.84. The van der Waals surface area contributed by atoms with E-state index >= 15 is 0 Å². The molecule has 2 nitrogen and oxygen atoms in total. The zero-order valence-electron chi connectivity index (χ0n) is 13.4. The van der Waals surface area contributed by atoms with Gasteiger partial charge in [0.2, 0.25) is 0 Å². The maximum atomic E-state index is 6.15. The minimum absolute atomic E-state index is 0. The Labute approximate surface area is 151 Å². The van der Waals surface area contributed by atoms with Crippen molar-refractivity contribution in [3.8, 4) is 0 Å². The van der Waals surface area contributed by atoms with Gasteiger partial charge in [-0.3, -0.25) is 4.90 Å². The van der Waals surface area contributed by atoms with E-state index in [9.17, 15) is 0 Å². The smallest absolute Gasteiger partial charge is 0.0233 e. The number of nitrogens with two attached hydrogens (primary N) is 1. The first-order valence-electron chi connectivity index (χ1n) is 7.84. The average molecular weight is 353 g/mol. The van der Waals surface area contributed by atoms with Crippen molar-refractivity contribution in [3.05, 3.63) is 71.8 Å². The molecule has 2 aromatic rings. The van der Waals surface area contributed by atoms with E-state index in [2.05, 4.69) is 65.6 Å². The van der Waals surface area contributed by atoms with Crippen LogP contribution >= 0.6 is 24.8 Å². The Hall–Kier alpha value is -1.06. The molecular formula is C19H26Cl2N2. The number of hydrogen-bond acceptors (Lipinski definition) is 2. The summed E-state index contributed by atoms with van der Waals surface area (Å²) in [4.78, 5) is 2.55. The van der Waals surface area contributed by atoms with Gasteiger partial charge in [-0.15, -0.1) is 24.8 Å². The molecule has 0 aromatic heterocycles. The van der Waals surface area contributed by atoms with Crippen LogP contribution in [0, 0.1) is 0 Å². The first-order chi connectivity index (χ1) is 10.3. The molecule has 0 bridgehead atoms. The molecule has 23 heavy (non-hydrogen) atoms. The molecule has 0 spiro atoms. The van der Waals surface area contributed by atoms with Crippen LogP contribution in [-0.4, -0.2) is 24.5 Å². The van der Waals surface area contributed by atoms with Gasteiger partial charge in [-0.2, -0.15) is 0 Å². The lowest BCUT2D eigenvalue weighted by atomic mass is 9.73. The molecule has 4 heteroatoms. The predicted octanol–water partition coefficient (Wildman–Crippen LogP) is 4.02. The summed E-state index contributed by atoms with van der Waals surface area (Å²) in [5, 5.41) is 0. The van der Waals surface area contributed by atoms with E-state index < -0.39 is 0 Å². The highest BCUT2D eigenvalue weighted by molar-refractivity contribution is 5.85. The van der Waals surface area contributed by atoms with Gasteiger partial charge in [0.15, 0.2) is 0 Å². The quantitative estimate of drug-likeness (QED) is 0.900.